The van der Waals surface area contributed by atoms with Gasteiger partial charge in [-0.1, -0.05) is 48.0 Å². The van der Waals surface area contributed by atoms with Crippen LogP contribution < -0.4 is 4.72 Å². The fourth-order valence-electron chi connectivity index (χ4n) is 2.79. The van der Waals surface area contributed by atoms with Crippen molar-refractivity contribution in [2.75, 3.05) is 4.72 Å². The fourth-order valence-corrected chi connectivity index (χ4v) is 5.02. The highest BCUT2D eigenvalue weighted by Crippen LogP contribution is 2.34. The number of aromatic nitrogens is 1. The molecule has 0 amide bonds. The van der Waals surface area contributed by atoms with Gasteiger partial charge in [0.2, 0.25) is 0 Å². The minimum absolute atomic E-state index is 0.0603. The van der Waals surface area contributed by atoms with Crippen LogP contribution >= 0.6 is 22.9 Å². The zero-order valence-corrected chi connectivity index (χ0v) is 17.2. The Labute approximate surface area is 176 Å². The second-order valence-electron chi connectivity index (χ2n) is 6.13. The van der Waals surface area contributed by atoms with E-state index in [1.807, 2.05) is 0 Å². The van der Waals surface area contributed by atoms with Crippen molar-refractivity contribution in [3.05, 3.63) is 89.0 Å². The highest BCUT2D eigenvalue weighted by Gasteiger charge is 2.18. The number of halogens is 2. The zero-order chi connectivity index (χ0) is 20.4. The summed E-state index contributed by atoms with van der Waals surface area (Å²) >= 11 is 7.21. The number of anilines is 1. The molecule has 1 aromatic heterocycles. The highest BCUT2D eigenvalue weighted by atomic mass is 35.5. The molecule has 4 aromatic rings. The first kappa shape index (κ1) is 19.6. The Morgan fingerprint density at radius 2 is 1.66 bits per heavy atom. The SMILES string of the molecule is O=S(=O)(Nc1ccccc1-c1csc(-c2ccccc2F)n1)c1cccc(Cl)c1. The molecule has 1 N–H and O–H groups in total. The van der Waals surface area contributed by atoms with Gasteiger partial charge in [0.15, 0.2) is 0 Å². The van der Waals surface area contributed by atoms with Crippen LogP contribution in [0, 0.1) is 5.82 Å². The molecule has 146 valence electrons. The molecule has 1 heterocycles. The molecule has 0 atom stereocenters. The molecule has 0 radical (unpaired) electrons. The van der Waals surface area contributed by atoms with Gasteiger partial charge >= 0.3 is 0 Å². The molecule has 0 fully saturated rings. The standard InChI is InChI=1S/C21H14ClFN2O2S2/c22-14-6-5-7-15(12-14)29(26,27)25-19-11-4-2-9-17(19)20-13-28-21(24-20)16-8-1-3-10-18(16)23/h1-13,25H. The first-order valence-electron chi connectivity index (χ1n) is 8.52. The third-order valence-electron chi connectivity index (χ3n) is 4.16. The minimum atomic E-state index is -3.84. The summed E-state index contributed by atoms with van der Waals surface area (Å²) in [5.74, 6) is -0.358. The van der Waals surface area contributed by atoms with Crippen molar-refractivity contribution in [2.45, 2.75) is 4.90 Å². The van der Waals surface area contributed by atoms with E-state index in [0.29, 0.717) is 32.5 Å². The van der Waals surface area contributed by atoms with Crippen LogP contribution in [0.1, 0.15) is 0 Å². The van der Waals surface area contributed by atoms with Crippen LogP contribution in [0.3, 0.4) is 0 Å². The van der Waals surface area contributed by atoms with Crippen molar-refractivity contribution in [1.82, 2.24) is 4.98 Å². The molecule has 0 spiro atoms. The topological polar surface area (TPSA) is 59.1 Å². The van der Waals surface area contributed by atoms with Crippen molar-refractivity contribution in [3.63, 3.8) is 0 Å². The summed E-state index contributed by atoms with van der Waals surface area (Å²) in [5, 5.41) is 2.62. The van der Waals surface area contributed by atoms with Crippen LogP contribution in [0.15, 0.2) is 83.1 Å². The predicted molar refractivity (Wildman–Crippen MR) is 115 cm³/mol. The lowest BCUT2D eigenvalue weighted by molar-refractivity contribution is 0.601. The van der Waals surface area contributed by atoms with Gasteiger partial charge in [0.1, 0.15) is 10.8 Å². The van der Waals surface area contributed by atoms with Crippen molar-refractivity contribution < 1.29 is 12.8 Å². The number of rotatable bonds is 5. The lowest BCUT2D eigenvalue weighted by atomic mass is 10.1. The lowest BCUT2D eigenvalue weighted by Gasteiger charge is -2.11. The number of hydrogen-bond acceptors (Lipinski definition) is 4. The second-order valence-corrected chi connectivity index (χ2v) is 9.10. The zero-order valence-electron chi connectivity index (χ0n) is 14.8. The smallest absolute Gasteiger partial charge is 0.261 e. The van der Waals surface area contributed by atoms with Gasteiger partial charge in [-0.25, -0.2) is 17.8 Å². The van der Waals surface area contributed by atoms with Gasteiger partial charge in [0.25, 0.3) is 10.0 Å². The average Bonchev–Trinajstić information content (AvgIpc) is 3.18. The summed E-state index contributed by atoms with van der Waals surface area (Å²) in [6.07, 6.45) is 0. The normalized spacial score (nSPS) is 11.4. The molecular weight excluding hydrogens is 431 g/mol. The molecule has 0 aliphatic rings. The number of thiazole rings is 1. The van der Waals surface area contributed by atoms with Crippen LogP contribution in [-0.4, -0.2) is 13.4 Å². The Hall–Kier alpha value is -2.74. The number of nitrogens with zero attached hydrogens (tertiary/aromatic N) is 1. The molecule has 0 aliphatic heterocycles. The highest BCUT2D eigenvalue weighted by molar-refractivity contribution is 7.92. The van der Waals surface area contributed by atoms with Crippen LogP contribution in [0.2, 0.25) is 5.02 Å². The van der Waals surface area contributed by atoms with Crippen LogP contribution in [0.4, 0.5) is 10.1 Å². The van der Waals surface area contributed by atoms with E-state index >= 15 is 0 Å². The second kappa shape index (κ2) is 7.94. The molecule has 3 aromatic carbocycles. The maximum absolute atomic E-state index is 14.1. The number of benzene rings is 3. The van der Waals surface area contributed by atoms with Gasteiger partial charge in [-0.15, -0.1) is 11.3 Å². The Kier molecular flexibility index (Phi) is 5.36. The number of sulfonamides is 1. The Bertz CT molecular complexity index is 1290. The first-order valence-corrected chi connectivity index (χ1v) is 11.3. The van der Waals surface area contributed by atoms with Gasteiger partial charge in [-0.05, 0) is 36.4 Å². The Morgan fingerprint density at radius 1 is 0.931 bits per heavy atom. The molecule has 0 unspecified atom stereocenters. The maximum atomic E-state index is 14.1. The van der Waals surface area contributed by atoms with Crippen molar-refractivity contribution >= 4 is 38.6 Å². The maximum Gasteiger partial charge on any atom is 0.261 e. The summed E-state index contributed by atoms with van der Waals surface area (Å²) in [4.78, 5) is 4.57. The molecular formula is C21H14ClFN2O2S2. The van der Waals surface area contributed by atoms with Gasteiger partial charge in [0.05, 0.1) is 16.3 Å². The predicted octanol–water partition coefficient (Wildman–Crippen LogP) is 6.07. The van der Waals surface area contributed by atoms with Crippen molar-refractivity contribution in [1.29, 1.82) is 0 Å². The van der Waals surface area contributed by atoms with E-state index in [2.05, 4.69) is 9.71 Å². The van der Waals surface area contributed by atoms with Crippen molar-refractivity contribution in [3.8, 4) is 21.8 Å². The summed E-state index contributed by atoms with van der Waals surface area (Å²) in [6.45, 7) is 0. The number of nitrogens with one attached hydrogen (secondary N) is 1. The molecule has 0 aliphatic carbocycles. The third kappa shape index (κ3) is 4.17. The van der Waals surface area contributed by atoms with E-state index in [1.165, 1.54) is 29.5 Å². The molecule has 4 rings (SSSR count). The summed E-state index contributed by atoms with van der Waals surface area (Å²) in [6, 6.07) is 19.3. The fraction of sp³-hybridized carbons (Fsp3) is 0. The lowest BCUT2D eigenvalue weighted by Crippen LogP contribution is -2.13. The molecule has 4 nitrogen and oxygen atoms in total. The summed E-state index contributed by atoms with van der Waals surface area (Å²) < 4.78 is 42.2. The van der Waals surface area contributed by atoms with Crippen LogP contribution in [0.5, 0.6) is 0 Å². The van der Waals surface area contributed by atoms with Gasteiger partial charge in [-0.2, -0.15) is 0 Å². The average molecular weight is 445 g/mol. The van der Waals surface area contributed by atoms with Gasteiger partial charge in [-0.3, -0.25) is 4.72 Å². The van der Waals surface area contributed by atoms with Crippen LogP contribution in [0.25, 0.3) is 21.8 Å². The van der Waals surface area contributed by atoms with E-state index in [4.69, 9.17) is 11.6 Å². The first-order chi connectivity index (χ1) is 13.9. The molecule has 0 bridgehead atoms. The number of para-hydroxylation sites is 1. The van der Waals surface area contributed by atoms with Gasteiger partial charge < -0.3 is 0 Å². The number of hydrogen-bond donors (Lipinski definition) is 1. The summed E-state index contributed by atoms with van der Waals surface area (Å²) in [5.41, 5.74) is 1.92. The molecule has 0 saturated heterocycles. The Balaban J connectivity index is 1.71. The summed E-state index contributed by atoms with van der Waals surface area (Å²) in [7, 11) is -3.84. The van der Waals surface area contributed by atoms with Gasteiger partial charge in [0, 0.05) is 21.5 Å². The monoisotopic (exact) mass is 444 g/mol. The van der Waals surface area contributed by atoms with E-state index in [-0.39, 0.29) is 10.7 Å². The Morgan fingerprint density at radius 3 is 2.41 bits per heavy atom. The van der Waals surface area contributed by atoms with E-state index < -0.39 is 10.0 Å². The molecule has 0 saturated carbocycles. The quantitative estimate of drug-likeness (QED) is 0.406. The van der Waals surface area contributed by atoms with Crippen LogP contribution in [-0.2, 0) is 10.0 Å². The largest absolute Gasteiger partial charge is 0.279 e. The third-order valence-corrected chi connectivity index (χ3v) is 6.64. The molecule has 29 heavy (non-hydrogen) atoms. The van der Waals surface area contributed by atoms with E-state index in [9.17, 15) is 12.8 Å². The minimum Gasteiger partial charge on any atom is -0.279 e. The van der Waals surface area contributed by atoms with Crippen molar-refractivity contribution in [2.24, 2.45) is 0 Å². The molecule has 8 heteroatoms. The van der Waals surface area contributed by atoms with E-state index in [0.717, 1.165) is 0 Å². The van der Waals surface area contributed by atoms with E-state index in [1.54, 1.807) is 60.0 Å².